The number of rotatable bonds is 4. The Bertz CT molecular complexity index is 487. The summed E-state index contributed by atoms with van der Waals surface area (Å²) >= 11 is 0. The molecule has 0 saturated carbocycles. The van der Waals surface area contributed by atoms with Crippen LogP contribution in [0.2, 0.25) is 0 Å². The lowest BCUT2D eigenvalue weighted by molar-refractivity contribution is -0.385. The molecule has 0 radical (unpaired) electrons. The molecule has 1 unspecified atom stereocenters. The molecule has 98 valence electrons. The van der Waals surface area contributed by atoms with Crippen LogP contribution in [0.3, 0.4) is 0 Å². The van der Waals surface area contributed by atoms with Crippen molar-refractivity contribution in [3.05, 3.63) is 33.4 Å². The van der Waals surface area contributed by atoms with E-state index in [0.29, 0.717) is 16.9 Å². The van der Waals surface area contributed by atoms with E-state index >= 15 is 0 Å². The van der Waals surface area contributed by atoms with E-state index in [9.17, 15) is 14.9 Å². The van der Waals surface area contributed by atoms with Crippen LogP contribution in [0, 0.1) is 24.0 Å². The molecule has 1 amide bonds. The highest BCUT2D eigenvalue weighted by atomic mass is 16.6. The Morgan fingerprint density at radius 1 is 1.44 bits per heavy atom. The van der Waals surface area contributed by atoms with Gasteiger partial charge in [-0.05, 0) is 32.4 Å². The number of nitro benzene ring substituents is 1. The van der Waals surface area contributed by atoms with Crippen molar-refractivity contribution in [2.45, 2.75) is 26.9 Å². The molecule has 0 aromatic heterocycles. The number of amides is 1. The molecule has 1 atom stereocenters. The largest absolute Gasteiger partial charge is 0.481 e. The number of ether oxygens (including phenoxy) is 1. The molecule has 7 nitrogen and oxygen atoms in total. The number of benzene rings is 1. The van der Waals surface area contributed by atoms with Crippen LogP contribution in [0.5, 0.6) is 5.75 Å². The Hall–Kier alpha value is -2.15. The summed E-state index contributed by atoms with van der Waals surface area (Å²) in [5.74, 6) is 4.95. The fourth-order valence-corrected chi connectivity index (χ4v) is 1.46. The second kappa shape index (κ2) is 5.46. The van der Waals surface area contributed by atoms with E-state index < -0.39 is 16.9 Å². The van der Waals surface area contributed by atoms with Crippen molar-refractivity contribution < 1.29 is 14.5 Å². The van der Waals surface area contributed by atoms with Gasteiger partial charge in [-0.2, -0.15) is 0 Å². The monoisotopic (exact) mass is 253 g/mol. The minimum atomic E-state index is -0.769. The summed E-state index contributed by atoms with van der Waals surface area (Å²) in [4.78, 5) is 21.5. The number of nitrogens with two attached hydrogens (primary N) is 1. The summed E-state index contributed by atoms with van der Waals surface area (Å²) in [6.45, 7) is 4.82. The Balaban J connectivity index is 3.02. The molecule has 1 aromatic rings. The third kappa shape index (κ3) is 2.95. The first-order valence-electron chi connectivity index (χ1n) is 5.29. The predicted octanol–water partition coefficient (Wildman–Crippen LogP) is 0.969. The average molecular weight is 253 g/mol. The molecule has 0 fully saturated rings. The first-order chi connectivity index (χ1) is 8.36. The number of aryl methyl sites for hydroxylation is 2. The summed E-state index contributed by atoms with van der Waals surface area (Å²) in [5, 5.41) is 10.7. The number of carbonyl (C=O) groups is 1. The van der Waals surface area contributed by atoms with Crippen molar-refractivity contribution >= 4 is 11.6 Å². The standard InChI is InChI=1S/C11H15N3O4/c1-6-5-10(18-8(3)11(15)13-12)7(2)4-9(6)14(16)17/h4-5,8H,12H2,1-3H3,(H,13,15). The second-order valence-corrected chi connectivity index (χ2v) is 3.93. The zero-order chi connectivity index (χ0) is 13.9. The number of nitro groups is 1. The van der Waals surface area contributed by atoms with Crippen LogP contribution >= 0.6 is 0 Å². The summed E-state index contributed by atoms with van der Waals surface area (Å²) in [6.07, 6.45) is -0.769. The van der Waals surface area contributed by atoms with Crippen LogP contribution in [0.15, 0.2) is 12.1 Å². The van der Waals surface area contributed by atoms with E-state index in [-0.39, 0.29) is 5.69 Å². The minimum absolute atomic E-state index is 0.0239. The zero-order valence-corrected chi connectivity index (χ0v) is 10.4. The first-order valence-corrected chi connectivity index (χ1v) is 5.29. The molecule has 0 saturated heterocycles. The highest BCUT2D eigenvalue weighted by molar-refractivity contribution is 5.80. The van der Waals surface area contributed by atoms with Gasteiger partial charge in [0.2, 0.25) is 0 Å². The van der Waals surface area contributed by atoms with Crippen molar-refractivity contribution in [2.24, 2.45) is 5.84 Å². The number of hydrazine groups is 1. The van der Waals surface area contributed by atoms with Crippen LogP contribution in [0.4, 0.5) is 5.69 Å². The van der Waals surface area contributed by atoms with E-state index in [0.717, 1.165) is 0 Å². The van der Waals surface area contributed by atoms with Crippen LogP contribution < -0.4 is 16.0 Å². The fourth-order valence-electron chi connectivity index (χ4n) is 1.46. The van der Waals surface area contributed by atoms with Gasteiger partial charge in [0.1, 0.15) is 5.75 Å². The van der Waals surface area contributed by atoms with Gasteiger partial charge in [0, 0.05) is 11.6 Å². The summed E-state index contributed by atoms with van der Waals surface area (Å²) < 4.78 is 5.40. The second-order valence-electron chi connectivity index (χ2n) is 3.93. The molecular formula is C11H15N3O4. The Morgan fingerprint density at radius 2 is 2.06 bits per heavy atom. The third-order valence-electron chi connectivity index (χ3n) is 2.51. The Labute approximate surface area is 104 Å². The molecule has 0 heterocycles. The molecule has 0 aliphatic heterocycles. The quantitative estimate of drug-likeness (QED) is 0.360. The molecule has 0 aliphatic rings. The van der Waals surface area contributed by atoms with Crippen LogP contribution in [0.25, 0.3) is 0 Å². The van der Waals surface area contributed by atoms with Gasteiger partial charge in [0.15, 0.2) is 6.10 Å². The summed E-state index contributed by atoms with van der Waals surface area (Å²) in [5.41, 5.74) is 3.06. The van der Waals surface area contributed by atoms with E-state index in [2.05, 4.69) is 0 Å². The molecular weight excluding hydrogens is 238 g/mol. The third-order valence-corrected chi connectivity index (χ3v) is 2.51. The number of hydrogen-bond donors (Lipinski definition) is 2. The molecule has 7 heteroatoms. The Kier molecular flexibility index (Phi) is 4.22. The molecule has 0 bridgehead atoms. The maximum absolute atomic E-state index is 11.2. The number of nitrogens with zero attached hydrogens (tertiary/aromatic N) is 1. The lowest BCUT2D eigenvalue weighted by atomic mass is 10.1. The topological polar surface area (TPSA) is 107 Å². The maximum Gasteiger partial charge on any atom is 0.274 e. The lowest BCUT2D eigenvalue weighted by Gasteiger charge is -2.15. The van der Waals surface area contributed by atoms with Crippen molar-refractivity contribution in [2.75, 3.05) is 0 Å². The van der Waals surface area contributed by atoms with Gasteiger partial charge < -0.3 is 4.74 Å². The van der Waals surface area contributed by atoms with Crippen molar-refractivity contribution in [3.8, 4) is 5.75 Å². The number of hydrogen-bond acceptors (Lipinski definition) is 5. The van der Waals surface area contributed by atoms with E-state index in [1.165, 1.54) is 12.1 Å². The van der Waals surface area contributed by atoms with E-state index in [1.54, 1.807) is 20.8 Å². The average Bonchev–Trinajstić information content (AvgIpc) is 2.31. The van der Waals surface area contributed by atoms with Crippen LogP contribution in [-0.2, 0) is 4.79 Å². The summed E-state index contributed by atoms with van der Waals surface area (Å²) in [6, 6.07) is 2.95. The van der Waals surface area contributed by atoms with Crippen molar-refractivity contribution in [3.63, 3.8) is 0 Å². The number of carbonyl (C=O) groups excluding carboxylic acids is 1. The van der Waals surface area contributed by atoms with E-state index in [1.807, 2.05) is 5.43 Å². The SMILES string of the molecule is Cc1cc([N+](=O)[O-])c(C)cc1OC(C)C(=O)NN. The van der Waals surface area contributed by atoms with Crippen molar-refractivity contribution in [1.82, 2.24) is 5.43 Å². The molecule has 1 rings (SSSR count). The lowest BCUT2D eigenvalue weighted by Crippen LogP contribution is -2.40. The first kappa shape index (κ1) is 13.9. The van der Waals surface area contributed by atoms with Gasteiger partial charge in [-0.15, -0.1) is 0 Å². The van der Waals surface area contributed by atoms with Crippen LogP contribution in [0.1, 0.15) is 18.1 Å². The number of nitrogens with one attached hydrogen (secondary N) is 1. The van der Waals surface area contributed by atoms with Gasteiger partial charge >= 0.3 is 0 Å². The maximum atomic E-state index is 11.2. The van der Waals surface area contributed by atoms with Crippen LogP contribution in [-0.4, -0.2) is 16.9 Å². The molecule has 0 aliphatic carbocycles. The highest BCUT2D eigenvalue weighted by Crippen LogP contribution is 2.28. The molecule has 18 heavy (non-hydrogen) atoms. The predicted molar refractivity (Wildman–Crippen MR) is 65.0 cm³/mol. The van der Waals surface area contributed by atoms with Gasteiger partial charge in [-0.3, -0.25) is 20.3 Å². The van der Waals surface area contributed by atoms with Gasteiger partial charge in [-0.25, -0.2) is 5.84 Å². The smallest absolute Gasteiger partial charge is 0.274 e. The Morgan fingerprint density at radius 3 is 2.56 bits per heavy atom. The zero-order valence-electron chi connectivity index (χ0n) is 10.4. The fraction of sp³-hybridized carbons (Fsp3) is 0.364. The highest BCUT2D eigenvalue weighted by Gasteiger charge is 2.18. The van der Waals surface area contributed by atoms with E-state index in [4.69, 9.17) is 10.6 Å². The van der Waals surface area contributed by atoms with Gasteiger partial charge in [0.05, 0.1) is 4.92 Å². The van der Waals surface area contributed by atoms with Crippen molar-refractivity contribution in [1.29, 1.82) is 0 Å². The molecule has 3 N–H and O–H groups in total. The summed E-state index contributed by atoms with van der Waals surface area (Å²) in [7, 11) is 0. The normalized spacial score (nSPS) is 11.8. The van der Waals surface area contributed by atoms with Gasteiger partial charge in [0.25, 0.3) is 11.6 Å². The molecule has 0 spiro atoms. The molecule has 1 aromatic carbocycles. The minimum Gasteiger partial charge on any atom is -0.481 e. The van der Waals surface area contributed by atoms with Gasteiger partial charge in [-0.1, -0.05) is 0 Å².